The van der Waals surface area contributed by atoms with Gasteiger partial charge in [0.05, 0.1) is 0 Å². The number of aryl methyl sites for hydroxylation is 1. The summed E-state index contributed by atoms with van der Waals surface area (Å²) in [5.41, 5.74) is 8.92. The van der Waals surface area contributed by atoms with Crippen LogP contribution in [0.25, 0.3) is 0 Å². The Morgan fingerprint density at radius 3 is 2.60 bits per heavy atom. The van der Waals surface area contributed by atoms with Crippen molar-refractivity contribution in [2.24, 2.45) is 11.7 Å². The normalized spacial score (nSPS) is 14.9. The minimum absolute atomic E-state index is 0.191. The summed E-state index contributed by atoms with van der Waals surface area (Å²) in [5, 5.41) is 0. The molecular weight excluding hydrogens is 182 g/mol. The van der Waals surface area contributed by atoms with Gasteiger partial charge in [-0.25, -0.2) is 0 Å². The minimum atomic E-state index is 0.191. The lowest BCUT2D eigenvalue weighted by Gasteiger charge is -2.20. The van der Waals surface area contributed by atoms with Gasteiger partial charge in [0.25, 0.3) is 0 Å². The van der Waals surface area contributed by atoms with Gasteiger partial charge in [-0.3, -0.25) is 0 Å². The predicted octanol–water partition coefficient (Wildman–Crippen LogP) is 3.69. The lowest BCUT2D eigenvalue weighted by Crippen LogP contribution is -2.19. The van der Waals surface area contributed by atoms with E-state index in [-0.39, 0.29) is 6.04 Å². The maximum atomic E-state index is 6.25. The highest BCUT2D eigenvalue weighted by Gasteiger charge is 2.13. The molecule has 0 aromatic heterocycles. The zero-order valence-corrected chi connectivity index (χ0v) is 10.2. The second kappa shape index (κ2) is 5.92. The second-order valence-electron chi connectivity index (χ2n) is 4.39. The van der Waals surface area contributed by atoms with E-state index in [1.165, 1.54) is 24.0 Å². The lowest BCUT2D eigenvalue weighted by atomic mass is 9.91. The van der Waals surface area contributed by atoms with Crippen molar-refractivity contribution in [1.29, 1.82) is 0 Å². The molecule has 0 saturated carbocycles. The van der Waals surface area contributed by atoms with E-state index in [0.717, 1.165) is 6.42 Å². The van der Waals surface area contributed by atoms with Crippen molar-refractivity contribution in [2.45, 2.75) is 46.1 Å². The summed E-state index contributed by atoms with van der Waals surface area (Å²) in [5.74, 6) is 0.571. The zero-order valence-electron chi connectivity index (χ0n) is 10.2. The molecule has 1 aromatic carbocycles. The molecule has 0 bridgehead atoms. The number of hydrogen-bond acceptors (Lipinski definition) is 1. The van der Waals surface area contributed by atoms with Crippen LogP contribution in [-0.4, -0.2) is 0 Å². The van der Waals surface area contributed by atoms with Crippen molar-refractivity contribution in [3.05, 3.63) is 35.4 Å². The quantitative estimate of drug-likeness (QED) is 0.779. The Hall–Kier alpha value is -0.820. The molecule has 2 atom stereocenters. The third-order valence-electron chi connectivity index (χ3n) is 3.10. The van der Waals surface area contributed by atoms with Crippen molar-refractivity contribution in [3.63, 3.8) is 0 Å². The maximum absolute atomic E-state index is 6.25. The van der Waals surface area contributed by atoms with Crippen LogP contribution >= 0.6 is 0 Å². The Labute approximate surface area is 93.7 Å². The first kappa shape index (κ1) is 12.3. The SMILES string of the molecule is CCCC(C)C(N)c1cccc(CC)c1. The van der Waals surface area contributed by atoms with E-state index >= 15 is 0 Å². The monoisotopic (exact) mass is 205 g/mol. The van der Waals surface area contributed by atoms with Crippen LogP contribution in [0.15, 0.2) is 24.3 Å². The van der Waals surface area contributed by atoms with Crippen LogP contribution in [0.4, 0.5) is 0 Å². The fraction of sp³-hybridized carbons (Fsp3) is 0.571. The first-order valence-corrected chi connectivity index (χ1v) is 6.03. The molecule has 1 nitrogen and oxygen atoms in total. The van der Waals surface area contributed by atoms with Crippen LogP contribution in [0.1, 0.15) is 50.8 Å². The molecule has 0 spiro atoms. The van der Waals surface area contributed by atoms with Crippen LogP contribution in [0.5, 0.6) is 0 Å². The van der Waals surface area contributed by atoms with E-state index in [1.54, 1.807) is 0 Å². The maximum Gasteiger partial charge on any atom is 0.0320 e. The van der Waals surface area contributed by atoms with Crippen molar-refractivity contribution >= 4 is 0 Å². The molecule has 0 aliphatic rings. The molecule has 84 valence electrons. The summed E-state index contributed by atoms with van der Waals surface area (Å²) in [4.78, 5) is 0. The number of rotatable bonds is 5. The highest BCUT2D eigenvalue weighted by atomic mass is 14.6. The van der Waals surface area contributed by atoms with E-state index in [4.69, 9.17) is 5.73 Å². The summed E-state index contributed by atoms with van der Waals surface area (Å²) in [6, 6.07) is 8.87. The molecule has 0 aliphatic heterocycles. The Bertz CT molecular complexity index is 293. The summed E-state index contributed by atoms with van der Waals surface area (Å²) in [7, 11) is 0. The molecule has 0 radical (unpaired) electrons. The van der Waals surface area contributed by atoms with E-state index in [2.05, 4.69) is 45.0 Å². The van der Waals surface area contributed by atoms with Gasteiger partial charge in [0.15, 0.2) is 0 Å². The minimum Gasteiger partial charge on any atom is -0.324 e. The van der Waals surface area contributed by atoms with E-state index in [9.17, 15) is 0 Å². The van der Waals surface area contributed by atoms with Gasteiger partial charge < -0.3 is 5.73 Å². The molecule has 1 rings (SSSR count). The van der Waals surface area contributed by atoms with Gasteiger partial charge in [-0.05, 0) is 29.9 Å². The molecule has 0 fully saturated rings. The Morgan fingerprint density at radius 1 is 1.27 bits per heavy atom. The van der Waals surface area contributed by atoms with Crippen LogP contribution < -0.4 is 5.73 Å². The summed E-state index contributed by atoms with van der Waals surface area (Å²) in [6.07, 6.45) is 3.50. The van der Waals surface area contributed by atoms with Gasteiger partial charge in [0.2, 0.25) is 0 Å². The average molecular weight is 205 g/mol. The molecule has 2 N–H and O–H groups in total. The molecule has 0 saturated heterocycles. The molecule has 0 aliphatic carbocycles. The number of benzene rings is 1. The summed E-state index contributed by atoms with van der Waals surface area (Å²) >= 11 is 0. The second-order valence-corrected chi connectivity index (χ2v) is 4.39. The third-order valence-corrected chi connectivity index (χ3v) is 3.10. The molecule has 15 heavy (non-hydrogen) atoms. The van der Waals surface area contributed by atoms with Gasteiger partial charge in [0.1, 0.15) is 0 Å². The molecular formula is C14H23N. The first-order valence-electron chi connectivity index (χ1n) is 6.03. The Morgan fingerprint density at radius 2 is 2.00 bits per heavy atom. The lowest BCUT2D eigenvalue weighted by molar-refractivity contribution is 0.433. The van der Waals surface area contributed by atoms with Gasteiger partial charge >= 0.3 is 0 Å². The topological polar surface area (TPSA) is 26.0 Å². The molecule has 2 unspecified atom stereocenters. The third kappa shape index (κ3) is 3.35. The van der Waals surface area contributed by atoms with Crippen molar-refractivity contribution in [2.75, 3.05) is 0 Å². The van der Waals surface area contributed by atoms with Gasteiger partial charge in [0, 0.05) is 6.04 Å². The van der Waals surface area contributed by atoms with Crippen LogP contribution in [0.3, 0.4) is 0 Å². The van der Waals surface area contributed by atoms with Crippen molar-refractivity contribution < 1.29 is 0 Å². The van der Waals surface area contributed by atoms with Crippen LogP contribution in [0.2, 0.25) is 0 Å². The van der Waals surface area contributed by atoms with Crippen molar-refractivity contribution in [3.8, 4) is 0 Å². The fourth-order valence-corrected chi connectivity index (χ4v) is 1.98. The van der Waals surface area contributed by atoms with Crippen molar-refractivity contribution in [1.82, 2.24) is 0 Å². The number of hydrogen-bond donors (Lipinski definition) is 1. The van der Waals surface area contributed by atoms with E-state index < -0.39 is 0 Å². The molecule has 1 aromatic rings. The van der Waals surface area contributed by atoms with Crippen LogP contribution in [-0.2, 0) is 6.42 Å². The Kier molecular flexibility index (Phi) is 4.83. The smallest absolute Gasteiger partial charge is 0.0320 e. The summed E-state index contributed by atoms with van der Waals surface area (Å²) < 4.78 is 0. The largest absolute Gasteiger partial charge is 0.324 e. The standard InChI is InChI=1S/C14H23N/c1-4-7-11(3)14(15)13-9-6-8-12(5-2)10-13/h6,8-11,14H,4-5,7,15H2,1-3H3. The highest BCUT2D eigenvalue weighted by molar-refractivity contribution is 5.26. The highest BCUT2D eigenvalue weighted by Crippen LogP contribution is 2.23. The Balaban J connectivity index is 2.76. The number of nitrogens with two attached hydrogens (primary N) is 1. The molecule has 1 heteroatoms. The average Bonchev–Trinajstić information content (AvgIpc) is 2.28. The molecule has 0 heterocycles. The van der Waals surface area contributed by atoms with E-state index in [0.29, 0.717) is 5.92 Å². The van der Waals surface area contributed by atoms with Crippen LogP contribution in [0, 0.1) is 5.92 Å². The fourth-order valence-electron chi connectivity index (χ4n) is 1.98. The molecule has 0 amide bonds. The summed E-state index contributed by atoms with van der Waals surface area (Å²) in [6.45, 7) is 6.64. The van der Waals surface area contributed by atoms with Gasteiger partial charge in [-0.2, -0.15) is 0 Å². The predicted molar refractivity (Wildman–Crippen MR) is 66.8 cm³/mol. The first-order chi connectivity index (χ1) is 7.19. The van der Waals surface area contributed by atoms with E-state index in [1.807, 2.05) is 0 Å². The van der Waals surface area contributed by atoms with Gasteiger partial charge in [-0.15, -0.1) is 0 Å². The van der Waals surface area contributed by atoms with Gasteiger partial charge in [-0.1, -0.05) is 51.5 Å². The zero-order chi connectivity index (χ0) is 11.3.